The van der Waals surface area contributed by atoms with E-state index in [9.17, 15) is 0 Å². The maximum Gasteiger partial charge on any atom is 0.0705 e. The number of rotatable bonds is 4. The first kappa shape index (κ1) is 14.0. The standard InChI is InChI=1S/C17H16ClN3/c1-19-17(10-12-7-9-20-11-15(12)18)14-4-2-6-16-13(14)5-3-8-21-16/h2-9,11,17,19H,10H2,1H3. The van der Waals surface area contributed by atoms with E-state index in [1.165, 1.54) is 10.9 Å². The second-order valence-corrected chi connectivity index (χ2v) is 5.34. The third-order valence-corrected chi connectivity index (χ3v) is 4.02. The first-order chi connectivity index (χ1) is 10.3. The molecule has 21 heavy (non-hydrogen) atoms. The molecule has 0 amide bonds. The summed E-state index contributed by atoms with van der Waals surface area (Å²) in [6, 6.07) is 12.4. The van der Waals surface area contributed by atoms with Crippen LogP contribution in [0.4, 0.5) is 0 Å². The number of halogens is 1. The van der Waals surface area contributed by atoms with Crippen molar-refractivity contribution in [3.05, 3.63) is 71.1 Å². The lowest BCUT2D eigenvalue weighted by atomic mass is 9.96. The van der Waals surface area contributed by atoms with Crippen LogP contribution < -0.4 is 5.32 Å². The van der Waals surface area contributed by atoms with E-state index in [-0.39, 0.29) is 6.04 Å². The van der Waals surface area contributed by atoms with E-state index >= 15 is 0 Å². The van der Waals surface area contributed by atoms with Gasteiger partial charge in [0.05, 0.1) is 10.5 Å². The lowest BCUT2D eigenvalue weighted by Gasteiger charge is -2.19. The number of pyridine rings is 2. The Kier molecular flexibility index (Phi) is 4.13. The van der Waals surface area contributed by atoms with Crippen molar-refractivity contribution in [1.82, 2.24) is 15.3 Å². The lowest BCUT2D eigenvalue weighted by molar-refractivity contribution is 0.596. The van der Waals surface area contributed by atoms with Crippen molar-refractivity contribution in [2.75, 3.05) is 7.05 Å². The quantitative estimate of drug-likeness (QED) is 0.796. The first-order valence-electron chi connectivity index (χ1n) is 6.89. The Labute approximate surface area is 129 Å². The van der Waals surface area contributed by atoms with E-state index in [0.29, 0.717) is 5.02 Å². The Morgan fingerprint density at radius 3 is 2.86 bits per heavy atom. The van der Waals surface area contributed by atoms with E-state index in [0.717, 1.165) is 17.5 Å². The van der Waals surface area contributed by atoms with Crippen molar-refractivity contribution in [1.29, 1.82) is 0 Å². The Morgan fingerprint density at radius 2 is 2.05 bits per heavy atom. The smallest absolute Gasteiger partial charge is 0.0705 e. The van der Waals surface area contributed by atoms with Gasteiger partial charge in [-0.3, -0.25) is 9.97 Å². The number of nitrogens with zero attached hydrogens (tertiary/aromatic N) is 2. The molecule has 0 bridgehead atoms. The third-order valence-electron chi connectivity index (χ3n) is 3.68. The summed E-state index contributed by atoms with van der Waals surface area (Å²) in [5.41, 5.74) is 3.33. The molecular formula is C17H16ClN3. The van der Waals surface area contributed by atoms with E-state index < -0.39 is 0 Å². The molecule has 0 radical (unpaired) electrons. The zero-order valence-corrected chi connectivity index (χ0v) is 12.5. The highest BCUT2D eigenvalue weighted by atomic mass is 35.5. The molecule has 3 nitrogen and oxygen atoms in total. The van der Waals surface area contributed by atoms with E-state index in [4.69, 9.17) is 11.6 Å². The number of hydrogen-bond donors (Lipinski definition) is 1. The molecule has 0 aliphatic heterocycles. The number of benzene rings is 1. The van der Waals surface area contributed by atoms with Crippen molar-refractivity contribution in [2.24, 2.45) is 0 Å². The van der Waals surface area contributed by atoms with Gasteiger partial charge in [0, 0.05) is 30.0 Å². The fourth-order valence-electron chi connectivity index (χ4n) is 2.59. The van der Waals surface area contributed by atoms with Gasteiger partial charge in [0.2, 0.25) is 0 Å². The van der Waals surface area contributed by atoms with Crippen LogP contribution in [0, 0.1) is 0 Å². The van der Waals surface area contributed by atoms with Crippen molar-refractivity contribution < 1.29 is 0 Å². The summed E-state index contributed by atoms with van der Waals surface area (Å²) in [5.74, 6) is 0. The van der Waals surface area contributed by atoms with Crippen LogP contribution >= 0.6 is 11.6 Å². The van der Waals surface area contributed by atoms with Gasteiger partial charge in [0.15, 0.2) is 0 Å². The van der Waals surface area contributed by atoms with Gasteiger partial charge >= 0.3 is 0 Å². The summed E-state index contributed by atoms with van der Waals surface area (Å²) in [6.45, 7) is 0. The number of hydrogen-bond acceptors (Lipinski definition) is 3. The number of likely N-dealkylation sites (N-methyl/N-ethyl adjacent to an activating group) is 1. The molecule has 2 aromatic heterocycles. The molecule has 2 heterocycles. The van der Waals surface area contributed by atoms with Crippen LogP contribution in [0.25, 0.3) is 10.9 Å². The number of nitrogens with one attached hydrogen (secondary N) is 1. The third kappa shape index (κ3) is 2.89. The minimum Gasteiger partial charge on any atom is -0.313 e. The van der Waals surface area contributed by atoms with Gasteiger partial charge in [-0.1, -0.05) is 29.8 Å². The lowest BCUT2D eigenvalue weighted by Crippen LogP contribution is -2.19. The average molecular weight is 298 g/mol. The average Bonchev–Trinajstić information content (AvgIpc) is 2.54. The van der Waals surface area contributed by atoms with Gasteiger partial charge < -0.3 is 5.32 Å². The predicted octanol–water partition coefficient (Wildman–Crippen LogP) is 3.79. The monoisotopic (exact) mass is 297 g/mol. The number of fused-ring (bicyclic) bond motifs is 1. The molecule has 0 fully saturated rings. The zero-order valence-electron chi connectivity index (χ0n) is 11.8. The molecule has 3 aromatic rings. The van der Waals surface area contributed by atoms with Gasteiger partial charge in [-0.25, -0.2) is 0 Å². The summed E-state index contributed by atoms with van der Waals surface area (Å²) in [4.78, 5) is 8.46. The predicted molar refractivity (Wildman–Crippen MR) is 86.5 cm³/mol. The summed E-state index contributed by atoms with van der Waals surface area (Å²) in [5, 5.41) is 5.25. The molecule has 1 aromatic carbocycles. The molecule has 3 rings (SSSR count). The summed E-state index contributed by atoms with van der Waals surface area (Å²) in [6.07, 6.45) is 6.10. The van der Waals surface area contributed by atoms with Crippen LogP contribution in [0.3, 0.4) is 0 Å². The maximum atomic E-state index is 6.23. The van der Waals surface area contributed by atoms with Gasteiger partial charge in [-0.15, -0.1) is 0 Å². The molecule has 106 valence electrons. The largest absolute Gasteiger partial charge is 0.313 e. The topological polar surface area (TPSA) is 37.8 Å². The van der Waals surface area contributed by atoms with Gasteiger partial charge in [0.1, 0.15) is 0 Å². The summed E-state index contributed by atoms with van der Waals surface area (Å²) >= 11 is 6.23. The highest BCUT2D eigenvalue weighted by molar-refractivity contribution is 6.31. The van der Waals surface area contributed by atoms with Crippen LogP contribution in [-0.2, 0) is 6.42 Å². The molecule has 0 saturated heterocycles. The Balaban J connectivity index is 2.01. The van der Waals surface area contributed by atoms with Crippen molar-refractivity contribution >= 4 is 22.5 Å². The molecule has 1 unspecified atom stereocenters. The second-order valence-electron chi connectivity index (χ2n) is 4.93. The summed E-state index contributed by atoms with van der Waals surface area (Å²) in [7, 11) is 1.97. The molecule has 0 aliphatic carbocycles. The molecule has 0 saturated carbocycles. The maximum absolute atomic E-state index is 6.23. The SMILES string of the molecule is CNC(Cc1ccncc1Cl)c1cccc2ncccc12. The van der Waals surface area contributed by atoms with Crippen LogP contribution in [-0.4, -0.2) is 17.0 Å². The van der Waals surface area contributed by atoms with Crippen molar-refractivity contribution in [3.8, 4) is 0 Å². The van der Waals surface area contributed by atoms with Crippen LogP contribution in [0.2, 0.25) is 5.02 Å². The molecule has 4 heteroatoms. The Hall–Kier alpha value is -1.97. The summed E-state index contributed by atoms with van der Waals surface area (Å²) < 4.78 is 0. The molecule has 1 atom stereocenters. The normalized spacial score (nSPS) is 12.5. The van der Waals surface area contributed by atoms with E-state index in [1.807, 2.05) is 37.5 Å². The fraction of sp³-hybridized carbons (Fsp3) is 0.176. The fourth-order valence-corrected chi connectivity index (χ4v) is 2.78. The number of aromatic nitrogens is 2. The van der Waals surface area contributed by atoms with Gasteiger partial charge in [-0.05, 0) is 42.8 Å². The van der Waals surface area contributed by atoms with Crippen LogP contribution in [0.15, 0.2) is 55.0 Å². The molecular weight excluding hydrogens is 282 g/mol. The minimum absolute atomic E-state index is 0.179. The zero-order chi connectivity index (χ0) is 14.7. The first-order valence-corrected chi connectivity index (χ1v) is 7.26. The second kappa shape index (κ2) is 6.20. The highest BCUT2D eigenvalue weighted by Crippen LogP contribution is 2.27. The Morgan fingerprint density at radius 1 is 1.14 bits per heavy atom. The molecule has 0 aliphatic rings. The van der Waals surface area contributed by atoms with Crippen LogP contribution in [0.5, 0.6) is 0 Å². The molecule has 0 spiro atoms. The van der Waals surface area contributed by atoms with Crippen molar-refractivity contribution in [3.63, 3.8) is 0 Å². The van der Waals surface area contributed by atoms with Crippen molar-refractivity contribution in [2.45, 2.75) is 12.5 Å². The van der Waals surface area contributed by atoms with E-state index in [2.05, 4.69) is 27.4 Å². The molecule has 1 N–H and O–H groups in total. The Bertz CT molecular complexity index is 752. The minimum atomic E-state index is 0.179. The highest BCUT2D eigenvalue weighted by Gasteiger charge is 2.14. The van der Waals surface area contributed by atoms with Crippen LogP contribution in [0.1, 0.15) is 17.2 Å². The van der Waals surface area contributed by atoms with E-state index in [1.54, 1.807) is 12.4 Å². The van der Waals surface area contributed by atoms with Gasteiger partial charge in [-0.2, -0.15) is 0 Å². The van der Waals surface area contributed by atoms with Gasteiger partial charge in [0.25, 0.3) is 0 Å².